The van der Waals surface area contributed by atoms with Crippen LogP contribution in [0.2, 0.25) is 0 Å². The number of rotatable bonds is 3. The number of ether oxygens (including phenoxy) is 1. The van der Waals surface area contributed by atoms with Gasteiger partial charge in [0, 0.05) is 35.2 Å². The van der Waals surface area contributed by atoms with Crippen molar-refractivity contribution in [2.45, 2.75) is 12.6 Å². The average molecular weight is 339 g/mol. The first-order valence-electron chi connectivity index (χ1n) is 6.28. The van der Waals surface area contributed by atoms with Crippen molar-refractivity contribution in [3.8, 4) is 0 Å². The maximum Gasteiger partial charge on any atom is 0.0963 e. The summed E-state index contributed by atoms with van der Waals surface area (Å²) in [5.74, 6) is 0. The van der Waals surface area contributed by atoms with Crippen LogP contribution in [0.1, 0.15) is 16.5 Å². The molecule has 1 aliphatic heterocycles. The minimum atomic E-state index is 0.150. The second-order valence-electron chi connectivity index (χ2n) is 4.58. The summed E-state index contributed by atoms with van der Waals surface area (Å²) in [7, 11) is 0. The maximum atomic E-state index is 5.91. The molecule has 19 heavy (non-hydrogen) atoms. The van der Waals surface area contributed by atoms with Crippen molar-refractivity contribution in [1.82, 2.24) is 9.88 Å². The first-order chi connectivity index (χ1) is 9.33. The van der Waals surface area contributed by atoms with Gasteiger partial charge in [-0.15, -0.1) is 11.3 Å². The molecule has 5 heteroatoms. The van der Waals surface area contributed by atoms with Crippen molar-refractivity contribution in [2.75, 3.05) is 19.7 Å². The fraction of sp³-hybridized carbons (Fsp3) is 0.357. The summed E-state index contributed by atoms with van der Waals surface area (Å²) in [6.07, 6.45) is 2.10. The van der Waals surface area contributed by atoms with Crippen molar-refractivity contribution >= 4 is 27.3 Å². The number of thiazole rings is 1. The third kappa shape index (κ3) is 3.23. The Kier molecular flexibility index (Phi) is 4.28. The van der Waals surface area contributed by atoms with Crippen LogP contribution in [-0.4, -0.2) is 29.6 Å². The monoisotopic (exact) mass is 338 g/mol. The van der Waals surface area contributed by atoms with Crippen molar-refractivity contribution in [3.63, 3.8) is 0 Å². The van der Waals surface area contributed by atoms with E-state index in [0.717, 1.165) is 30.7 Å². The van der Waals surface area contributed by atoms with Gasteiger partial charge >= 0.3 is 0 Å². The Labute approximate surface area is 125 Å². The van der Waals surface area contributed by atoms with Crippen LogP contribution < -0.4 is 0 Å². The third-order valence-electron chi connectivity index (χ3n) is 3.27. The molecule has 0 aliphatic carbocycles. The van der Waals surface area contributed by atoms with E-state index >= 15 is 0 Å². The minimum absolute atomic E-state index is 0.150. The number of halogens is 1. The second-order valence-corrected chi connectivity index (χ2v) is 6.41. The summed E-state index contributed by atoms with van der Waals surface area (Å²) in [5.41, 5.74) is 3.12. The normalized spacial score (nSPS) is 20.6. The fourth-order valence-corrected chi connectivity index (χ4v) is 3.49. The molecule has 1 aliphatic rings. The first kappa shape index (κ1) is 13.2. The molecular formula is C14H15BrN2OS. The van der Waals surface area contributed by atoms with E-state index in [0.29, 0.717) is 0 Å². The maximum absolute atomic E-state index is 5.91. The van der Waals surface area contributed by atoms with E-state index in [1.165, 1.54) is 10.4 Å². The lowest BCUT2D eigenvalue weighted by molar-refractivity contribution is -0.0329. The van der Waals surface area contributed by atoms with Gasteiger partial charge in [-0.2, -0.15) is 0 Å². The number of hydrogen-bond acceptors (Lipinski definition) is 4. The molecule has 1 fully saturated rings. The van der Waals surface area contributed by atoms with Crippen LogP contribution in [0.15, 0.2) is 40.4 Å². The quantitative estimate of drug-likeness (QED) is 0.856. The summed E-state index contributed by atoms with van der Waals surface area (Å²) in [6, 6.07) is 8.29. The van der Waals surface area contributed by atoms with Gasteiger partial charge < -0.3 is 4.74 Å². The van der Waals surface area contributed by atoms with Crippen molar-refractivity contribution < 1.29 is 4.74 Å². The third-order valence-corrected chi connectivity index (χ3v) is 4.75. The lowest BCUT2D eigenvalue weighted by atomic mass is 10.1. The molecule has 1 saturated heterocycles. The summed E-state index contributed by atoms with van der Waals surface area (Å²) in [4.78, 5) is 7.88. The van der Waals surface area contributed by atoms with Gasteiger partial charge in [-0.1, -0.05) is 34.1 Å². The van der Waals surface area contributed by atoms with Crippen molar-refractivity contribution in [1.29, 1.82) is 0 Å². The van der Waals surface area contributed by atoms with Crippen molar-refractivity contribution in [2.24, 2.45) is 0 Å². The summed E-state index contributed by atoms with van der Waals surface area (Å²) in [6.45, 7) is 3.67. The Hall–Kier alpha value is -0.750. The van der Waals surface area contributed by atoms with Crippen LogP contribution in [0.25, 0.3) is 0 Å². The molecule has 0 N–H and O–H groups in total. The summed E-state index contributed by atoms with van der Waals surface area (Å²) >= 11 is 5.32. The van der Waals surface area contributed by atoms with Gasteiger partial charge in [0.2, 0.25) is 0 Å². The largest absolute Gasteiger partial charge is 0.371 e. The van der Waals surface area contributed by atoms with Gasteiger partial charge in [0.15, 0.2) is 0 Å². The van der Waals surface area contributed by atoms with Gasteiger partial charge in [-0.05, 0) is 11.6 Å². The Morgan fingerprint density at radius 1 is 1.42 bits per heavy atom. The average Bonchev–Trinajstić information content (AvgIpc) is 2.92. The molecule has 3 rings (SSSR count). The van der Waals surface area contributed by atoms with E-state index < -0.39 is 0 Å². The SMILES string of the molecule is Brc1ccccc1[C@@H]1CN(Cc2cncs2)CCO1. The fourth-order valence-electron chi connectivity index (χ4n) is 2.31. The molecule has 1 atom stereocenters. The van der Waals surface area contributed by atoms with Gasteiger partial charge in [-0.25, -0.2) is 0 Å². The highest BCUT2D eigenvalue weighted by Gasteiger charge is 2.23. The lowest BCUT2D eigenvalue weighted by Crippen LogP contribution is -2.37. The van der Waals surface area contributed by atoms with E-state index in [-0.39, 0.29) is 6.10 Å². The Morgan fingerprint density at radius 3 is 3.11 bits per heavy atom. The Balaban J connectivity index is 1.70. The molecule has 2 heterocycles. The first-order valence-corrected chi connectivity index (χ1v) is 7.96. The molecule has 0 saturated carbocycles. The van der Waals surface area contributed by atoms with E-state index in [9.17, 15) is 0 Å². The number of aromatic nitrogens is 1. The zero-order chi connectivity index (χ0) is 13.1. The number of morpholine rings is 1. The van der Waals surface area contributed by atoms with E-state index in [1.807, 2.05) is 17.8 Å². The topological polar surface area (TPSA) is 25.4 Å². The van der Waals surface area contributed by atoms with Gasteiger partial charge in [-0.3, -0.25) is 9.88 Å². The van der Waals surface area contributed by atoms with Crippen molar-refractivity contribution in [3.05, 3.63) is 50.9 Å². The molecule has 2 aromatic rings. The van der Waals surface area contributed by atoms with Crippen LogP contribution in [0.3, 0.4) is 0 Å². The zero-order valence-electron chi connectivity index (χ0n) is 10.5. The van der Waals surface area contributed by atoms with Crippen LogP contribution in [0.4, 0.5) is 0 Å². The molecular weight excluding hydrogens is 324 g/mol. The standard InChI is InChI=1S/C14H15BrN2OS/c15-13-4-2-1-3-12(13)14-9-17(5-6-18-14)8-11-7-16-10-19-11/h1-4,7,10,14H,5-6,8-9H2/t14-/m0/s1. The van der Waals surface area contributed by atoms with Crippen LogP contribution in [0.5, 0.6) is 0 Å². The molecule has 1 aromatic carbocycles. The second kappa shape index (κ2) is 6.13. The van der Waals surface area contributed by atoms with Crippen LogP contribution in [-0.2, 0) is 11.3 Å². The van der Waals surface area contributed by atoms with E-state index in [1.54, 1.807) is 11.3 Å². The minimum Gasteiger partial charge on any atom is -0.371 e. The Bertz CT molecular complexity index is 532. The number of benzene rings is 1. The Morgan fingerprint density at radius 2 is 2.32 bits per heavy atom. The smallest absolute Gasteiger partial charge is 0.0963 e. The highest BCUT2D eigenvalue weighted by molar-refractivity contribution is 9.10. The zero-order valence-corrected chi connectivity index (χ0v) is 12.9. The molecule has 0 radical (unpaired) electrons. The molecule has 100 valence electrons. The highest BCUT2D eigenvalue weighted by atomic mass is 79.9. The molecule has 0 spiro atoms. The van der Waals surface area contributed by atoms with Crippen LogP contribution in [0, 0.1) is 0 Å². The van der Waals surface area contributed by atoms with Gasteiger partial charge in [0.1, 0.15) is 0 Å². The predicted molar refractivity (Wildman–Crippen MR) is 80.2 cm³/mol. The number of hydrogen-bond donors (Lipinski definition) is 0. The number of nitrogens with zero attached hydrogens (tertiary/aromatic N) is 2. The molecule has 3 nitrogen and oxygen atoms in total. The van der Waals surface area contributed by atoms with Gasteiger partial charge in [0.05, 0.1) is 18.2 Å². The predicted octanol–water partition coefficient (Wildman–Crippen LogP) is 3.48. The highest BCUT2D eigenvalue weighted by Crippen LogP contribution is 2.29. The molecule has 1 aromatic heterocycles. The molecule has 0 amide bonds. The summed E-state index contributed by atoms with van der Waals surface area (Å²) in [5, 5.41) is 0. The van der Waals surface area contributed by atoms with Crippen LogP contribution >= 0.6 is 27.3 Å². The van der Waals surface area contributed by atoms with E-state index in [4.69, 9.17) is 4.74 Å². The van der Waals surface area contributed by atoms with Gasteiger partial charge in [0.25, 0.3) is 0 Å². The molecule has 0 unspecified atom stereocenters. The lowest BCUT2D eigenvalue weighted by Gasteiger charge is -2.33. The summed E-state index contributed by atoms with van der Waals surface area (Å²) < 4.78 is 7.04. The van der Waals surface area contributed by atoms with E-state index in [2.05, 4.69) is 44.0 Å². The molecule has 0 bridgehead atoms.